The molecule has 1 aromatic rings. The lowest BCUT2D eigenvalue weighted by molar-refractivity contribution is 0.411. The van der Waals surface area contributed by atoms with E-state index in [1.165, 1.54) is 4.31 Å². The molecule has 0 atom stereocenters. The Morgan fingerprint density at radius 2 is 2.00 bits per heavy atom. The van der Waals surface area contributed by atoms with E-state index < -0.39 is 10.0 Å². The van der Waals surface area contributed by atoms with Crippen molar-refractivity contribution in [3.8, 4) is 5.75 Å². The zero-order chi connectivity index (χ0) is 15.9. The summed E-state index contributed by atoms with van der Waals surface area (Å²) in [6.07, 6.45) is 2.32. The van der Waals surface area contributed by atoms with Crippen LogP contribution in [0.25, 0.3) is 0 Å². The molecule has 0 amide bonds. The Labute approximate surface area is 133 Å². The molecule has 0 saturated heterocycles. The first kappa shape index (κ1) is 18.3. The van der Waals surface area contributed by atoms with Crippen molar-refractivity contribution in [2.24, 2.45) is 0 Å². The van der Waals surface area contributed by atoms with Crippen LogP contribution in [0.5, 0.6) is 5.75 Å². The van der Waals surface area contributed by atoms with E-state index in [0.717, 1.165) is 12.8 Å². The van der Waals surface area contributed by atoms with E-state index in [9.17, 15) is 8.42 Å². The zero-order valence-corrected chi connectivity index (χ0v) is 14.5. The highest BCUT2D eigenvalue weighted by Gasteiger charge is 2.25. The maximum Gasteiger partial charge on any atom is 0.243 e. The highest BCUT2D eigenvalue weighted by atomic mass is 35.5. The Hall–Kier alpha value is -0.780. The van der Waals surface area contributed by atoms with Gasteiger partial charge in [-0.1, -0.05) is 20.3 Å². The SMILES string of the molecule is CCCCN(CC)S(=O)(=O)c1ccc(OC)cc1CCCl. The molecule has 0 spiro atoms. The molecule has 0 aliphatic heterocycles. The topological polar surface area (TPSA) is 46.6 Å². The highest BCUT2D eigenvalue weighted by molar-refractivity contribution is 7.89. The van der Waals surface area contributed by atoms with Gasteiger partial charge in [0.25, 0.3) is 0 Å². The summed E-state index contributed by atoms with van der Waals surface area (Å²) in [7, 11) is -1.92. The van der Waals surface area contributed by atoms with Gasteiger partial charge in [-0.25, -0.2) is 8.42 Å². The third kappa shape index (κ3) is 4.59. The van der Waals surface area contributed by atoms with E-state index in [2.05, 4.69) is 0 Å². The molecule has 0 bridgehead atoms. The molecule has 0 heterocycles. The first-order chi connectivity index (χ1) is 10.0. The van der Waals surface area contributed by atoms with E-state index in [0.29, 0.717) is 41.6 Å². The summed E-state index contributed by atoms with van der Waals surface area (Å²) in [5.41, 5.74) is 0.708. The Morgan fingerprint density at radius 1 is 1.29 bits per heavy atom. The Kier molecular flexibility index (Phi) is 7.49. The number of nitrogens with zero attached hydrogens (tertiary/aromatic N) is 1. The number of rotatable bonds is 9. The number of hydrogen-bond donors (Lipinski definition) is 0. The van der Waals surface area contributed by atoms with Gasteiger partial charge in [-0.3, -0.25) is 0 Å². The van der Waals surface area contributed by atoms with Crippen molar-refractivity contribution >= 4 is 21.6 Å². The normalized spacial score (nSPS) is 11.9. The highest BCUT2D eigenvalue weighted by Crippen LogP contribution is 2.25. The predicted molar refractivity (Wildman–Crippen MR) is 86.8 cm³/mol. The third-order valence-corrected chi connectivity index (χ3v) is 5.63. The number of halogens is 1. The molecule has 0 fully saturated rings. The molecule has 1 rings (SSSR count). The van der Waals surface area contributed by atoms with E-state index in [4.69, 9.17) is 16.3 Å². The van der Waals surface area contributed by atoms with Crippen molar-refractivity contribution in [2.45, 2.75) is 38.0 Å². The molecule has 120 valence electrons. The minimum Gasteiger partial charge on any atom is -0.497 e. The van der Waals surface area contributed by atoms with Gasteiger partial charge in [0.1, 0.15) is 5.75 Å². The lowest BCUT2D eigenvalue weighted by atomic mass is 10.1. The number of unbranched alkanes of at least 4 members (excludes halogenated alkanes) is 1. The summed E-state index contributed by atoms with van der Waals surface area (Å²) in [6.45, 7) is 4.92. The average Bonchev–Trinajstić information content (AvgIpc) is 2.47. The maximum absolute atomic E-state index is 12.8. The fourth-order valence-electron chi connectivity index (χ4n) is 2.15. The second-order valence-corrected chi connectivity index (χ2v) is 7.05. The van der Waals surface area contributed by atoms with Gasteiger partial charge < -0.3 is 4.74 Å². The number of aryl methyl sites for hydroxylation is 1. The minimum absolute atomic E-state index is 0.335. The van der Waals surface area contributed by atoms with Gasteiger partial charge in [-0.15, -0.1) is 11.6 Å². The second kappa shape index (κ2) is 8.61. The molecule has 21 heavy (non-hydrogen) atoms. The monoisotopic (exact) mass is 333 g/mol. The molecule has 0 unspecified atom stereocenters. The van der Waals surface area contributed by atoms with E-state index in [1.54, 1.807) is 25.3 Å². The lowest BCUT2D eigenvalue weighted by Crippen LogP contribution is -2.32. The number of hydrogen-bond acceptors (Lipinski definition) is 3. The fourth-order valence-corrected chi connectivity index (χ4v) is 4.08. The molecule has 0 aliphatic rings. The molecule has 0 radical (unpaired) electrons. The van der Waals surface area contributed by atoms with E-state index in [-0.39, 0.29) is 0 Å². The van der Waals surface area contributed by atoms with E-state index in [1.807, 2.05) is 13.8 Å². The summed E-state index contributed by atoms with van der Waals surface area (Å²) in [5.74, 6) is 1.02. The Morgan fingerprint density at radius 3 is 2.52 bits per heavy atom. The standard InChI is InChI=1S/C15H24ClNO3S/c1-4-6-11-17(5-2)21(18,19)15-8-7-14(20-3)12-13(15)9-10-16/h7-8,12H,4-6,9-11H2,1-3H3. The fraction of sp³-hybridized carbons (Fsp3) is 0.600. The maximum atomic E-state index is 12.8. The van der Waals surface area contributed by atoms with Crippen molar-refractivity contribution in [1.29, 1.82) is 0 Å². The molecule has 6 heteroatoms. The number of methoxy groups -OCH3 is 1. The largest absolute Gasteiger partial charge is 0.497 e. The van der Waals surface area contributed by atoms with Crippen molar-refractivity contribution < 1.29 is 13.2 Å². The number of sulfonamides is 1. The molecule has 0 aromatic heterocycles. The molecular weight excluding hydrogens is 310 g/mol. The van der Waals surface area contributed by atoms with Crippen LogP contribution in [-0.2, 0) is 16.4 Å². The van der Waals surface area contributed by atoms with Gasteiger partial charge in [0, 0.05) is 19.0 Å². The smallest absolute Gasteiger partial charge is 0.243 e. The van der Waals surface area contributed by atoms with Crippen LogP contribution in [0.3, 0.4) is 0 Å². The first-order valence-corrected chi connectivity index (χ1v) is 9.21. The van der Waals surface area contributed by atoms with Crippen LogP contribution in [0.2, 0.25) is 0 Å². The van der Waals surface area contributed by atoms with Crippen LogP contribution in [0.4, 0.5) is 0 Å². The van der Waals surface area contributed by atoms with Crippen molar-refractivity contribution in [3.63, 3.8) is 0 Å². The van der Waals surface area contributed by atoms with Gasteiger partial charge in [-0.05, 0) is 36.6 Å². The summed E-state index contributed by atoms with van der Waals surface area (Å²) in [6, 6.07) is 5.05. The van der Waals surface area contributed by atoms with Crippen molar-refractivity contribution in [3.05, 3.63) is 23.8 Å². The number of benzene rings is 1. The summed E-state index contributed by atoms with van der Waals surface area (Å²) < 4.78 is 32.3. The third-order valence-electron chi connectivity index (χ3n) is 3.36. The van der Waals surface area contributed by atoms with Crippen LogP contribution < -0.4 is 4.74 Å². The van der Waals surface area contributed by atoms with Gasteiger partial charge in [0.05, 0.1) is 12.0 Å². The molecular formula is C15H24ClNO3S. The van der Waals surface area contributed by atoms with Crippen LogP contribution in [0.15, 0.2) is 23.1 Å². The van der Waals surface area contributed by atoms with Crippen LogP contribution >= 0.6 is 11.6 Å². The van der Waals surface area contributed by atoms with Gasteiger partial charge >= 0.3 is 0 Å². The summed E-state index contributed by atoms with van der Waals surface area (Å²) >= 11 is 5.80. The Bertz CT molecular complexity index is 546. The van der Waals surface area contributed by atoms with Gasteiger partial charge in [0.2, 0.25) is 10.0 Å². The quantitative estimate of drug-likeness (QED) is 0.651. The minimum atomic E-state index is -3.48. The summed E-state index contributed by atoms with van der Waals surface area (Å²) in [5, 5.41) is 0. The van der Waals surface area contributed by atoms with Crippen molar-refractivity contribution in [2.75, 3.05) is 26.1 Å². The first-order valence-electron chi connectivity index (χ1n) is 7.24. The van der Waals surface area contributed by atoms with Crippen LogP contribution in [0, 0.1) is 0 Å². The summed E-state index contributed by atoms with van der Waals surface area (Å²) in [4.78, 5) is 0.335. The predicted octanol–water partition coefficient (Wildman–Crippen LogP) is 3.29. The molecule has 1 aromatic carbocycles. The van der Waals surface area contributed by atoms with Gasteiger partial charge in [0.15, 0.2) is 0 Å². The molecule has 0 N–H and O–H groups in total. The van der Waals surface area contributed by atoms with E-state index >= 15 is 0 Å². The number of ether oxygens (including phenoxy) is 1. The van der Waals surface area contributed by atoms with Crippen molar-refractivity contribution in [1.82, 2.24) is 4.31 Å². The Balaban J connectivity index is 3.22. The van der Waals surface area contributed by atoms with Crippen LogP contribution in [0.1, 0.15) is 32.3 Å². The second-order valence-electron chi connectivity index (χ2n) is 4.76. The lowest BCUT2D eigenvalue weighted by Gasteiger charge is -2.22. The molecule has 0 saturated carbocycles. The molecule has 0 aliphatic carbocycles. The number of alkyl halides is 1. The average molecular weight is 334 g/mol. The van der Waals surface area contributed by atoms with Gasteiger partial charge in [-0.2, -0.15) is 4.31 Å². The van der Waals surface area contributed by atoms with Crippen LogP contribution in [-0.4, -0.2) is 38.8 Å². The zero-order valence-electron chi connectivity index (χ0n) is 12.9. The molecule has 4 nitrogen and oxygen atoms in total.